The van der Waals surface area contributed by atoms with Crippen molar-refractivity contribution in [3.8, 4) is 5.75 Å². The van der Waals surface area contributed by atoms with Gasteiger partial charge in [-0.15, -0.1) is 0 Å². The van der Waals surface area contributed by atoms with Gasteiger partial charge in [-0.1, -0.05) is 15.9 Å². The predicted octanol–water partition coefficient (Wildman–Crippen LogP) is 2.22. The molecule has 1 heterocycles. The molecular weight excluding hydrogens is 432 g/mol. The van der Waals surface area contributed by atoms with E-state index in [-0.39, 0.29) is 21.6 Å². The number of fused-ring (bicyclic) bond motifs is 1. The lowest BCUT2D eigenvalue weighted by Gasteiger charge is -2.12. The van der Waals surface area contributed by atoms with Gasteiger partial charge in [0.25, 0.3) is 10.0 Å². The molecule has 134 valence electrons. The maximum atomic E-state index is 12.7. The Bertz CT molecular complexity index is 1050. The van der Waals surface area contributed by atoms with Crippen LogP contribution < -0.4 is 14.6 Å². The van der Waals surface area contributed by atoms with Crippen LogP contribution in [0, 0.1) is 0 Å². The molecule has 1 aliphatic heterocycles. The Hall–Kier alpha value is -1.62. The minimum atomic E-state index is -4.09. The van der Waals surface area contributed by atoms with Crippen molar-refractivity contribution in [3.05, 3.63) is 46.4 Å². The lowest BCUT2D eigenvalue weighted by Crippen LogP contribution is -2.19. The maximum absolute atomic E-state index is 12.7. The van der Waals surface area contributed by atoms with E-state index in [1.54, 1.807) is 6.07 Å². The molecule has 0 radical (unpaired) electrons. The van der Waals surface area contributed by atoms with Gasteiger partial charge in [0.15, 0.2) is 0 Å². The number of halogens is 1. The Morgan fingerprint density at radius 1 is 1.16 bits per heavy atom. The minimum absolute atomic E-state index is 0.0139. The van der Waals surface area contributed by atoms with Crippen LogP contribution in [0.25, 0.3) is 0 Å². The first kappa shape index (κ1) is 18.2. The summed E-state index contributed by atoms with van der Waals surface area (Å²) in [6.45, 7) is 1.90. The van der Waals surface area contributed by atoms with Crippen molar-refractivity contribution in [2.24, 2.45) is 5.14 Å². The Morgan fingerprint density at radius 3 is 2.56 bits per heavy atom. The molecular formula is C15H15BrN2O5S2. The second kappa shape index (κ2) is 6.27. The summed E-state index contributed by atoms with van der Waals surface area (Å²) in [6.07, 6.45) is 0.595. The number of nitrogens with one attached hydrogen (secondary N) is 1. The van der Waals surface area contributed by atoms with Crippen LogP contribution in [0.2, 0.25) is 0 Å². The maximum Gasteiger partial charge on any atom is 0.261 e. The Morgan fingerprint density at radius 2 is 1.88 bits per heavy atom. The van der Waals surface area contributed by atoms with Gasteiger partial charge >= 0.3 is 0 Å². The first-order chi connectivity index (χ1) is 11.6. The molecule has 0 aromatic heterocycles. The number of hydrogen-bond acceptors (Lipinski definition) is 5. The highest BCUT2D eigenvalue weighted by atomic mass is 79.9. The second-order valence-corrected chi connectivity index (χ2v) is 9.82. The predicted molar refractivity (Wildman–Crippen MR) is 96.6 cm³/mol. The number of anilines is 1. The standard InChI is InChI=1S/C15H15BrN2O5S2/c1-9-6-10-7-12(3-4-14(10)23-9)25(21,22)18-13-8-11(16)2-5-15(13)24(17,19)20/h2-5,7-9,18H,6H2,1H3,(H2,17,19,20)/t9-/m0/s1. The largest absolute Gasteiger partial charge is 0.490 e. The number of benzene rings is 2. The van der Waals surface area contributed by atoms with E-state index in [1.165, 1.54) is 30.3 Å². The average Bonchev–Trinajstić information content (AvgIpc) is 2.84. The summed E-state index contributed by atoms with van der Waals surface area (Å²) in [6, 6.07) is 8.56. The van der Waals surface area contributed by atoms with Crippen molar-refractivity contribution in [2.75, 3.05) is 4.72 Å². The molecule has 25 heavy (non-hydrogen) atoms. The third-order valence-corrected chi connectivity index (χ3v) is 6.50. The van der Waals surface area contributed by atoms with E-state index >= 15 is 0 Å². The summed E-state index contributed by atoms with van der Waals surface area (Å²) >= 11 is 3.19. The zero-order valence-corrected chi connectivity index (χ0v) is 16.3. The van der Waals surface area contributed by atoms with Gasteiger partial charge in [-0.05, 0) is 48.9 Å². The van der Waals surface area contributed by atoms with Gasteiger partial charge in [0.05, 0.1) is 10.6 Å². The highest BCUT2D eigenvalue weighted by molar-refractivity contribution is 9.10. The van der Waals surface area contributed by atoms with Gasteiger partial charge in [-0.25, -0.2) is 22.0 Å². The zero-order chi connectivity index (χ0) is 18.4. The van der Waals surface area contributed by atoms with Crippen molar-refractivity contribution in [3.63, 3.8) is 0 Å². The van der Waals surface area contributed by atoms with Crippen molar-refractivity contribution in [2.45, 2.75) is 29.2 Å². The highest BCUT2D eigenvalue weighted by Gasteiger charge is 2.24. The summed E-state index contributed by atoms with van der Waals surface area (Å²) in [5, 5.41) is 5.16. The van der Waals surface area contributed by atoms with Crippen LogP contribution in [0.5, 0.6) is 5.75 Å². The summed E-state index contributed by atoms with van der Waals surface area (Å²) in [5.74, 6) is 0.652. The fourth-order valence-electron chi connectivity index (χ4n) is 2.60. The van der Waals surface area contributed by atoms with Crippen LogP contribution in [0.15, 0.2) is 50.7 Å². The van der Waals surface area contributed by atoms with Gasteiger partial charge in [0.1, 0.15) is 16.7 Å². The smallest absolute Gasteiger partial charge is 0.261 e. The van der Waals surface area contributed by atoms with E-state index in [9.17, 15) is 16.8 Å². The molecule has 0 amide bonds. The molecule has 3 N–H and O–H groups in total. The van der Waals surface area contributed by atoms with Gasteiger partial charge in [-0.3, -0.25) is 4.72 Å². The molecule has 0 bridgehead atoms. The third kappa shape index (κ3) is 3.81. The Balaban J connectivity index is 2.01. The van der Waals surface area contributed by atoms with Gasteiger partial charge < -0.3 is 4.74 Å². The lowest BCUT2D eigenvalue weighted by atomic mass is 10.1. The summed E-state index contributed by atoms with van der Waals surface area (Å²) in [5.41, 5.74) is 0.665. The SMILES string of the molecule is C[C@H]1Cc2cc(S(=O)(=O)Nc3cc(Br)ccc3S(N)(=O)=O)ccc2O1. The van der Waals surface area contributed by atoms with Crippen molar-refractivity contribution in [1.82, 2.24) is 0 Å². The number of nitrogens with two attached hydrogens (primary N) is 1. The van der Waals surface area contributed by atoms with E-state index in [2.05, 4.69) is 20.7 Å². The first-order valence-electron chi connectivity index (χ1n) is 7.21. The second-order valence-electron chi connectivity index (χ2n) is 5.69. The quantitative estimate of drug-likeness (QED) is 0.746. The molecule has 0 unspecified atom stereocenters. The van der Waals surface area contributed by atoms with Crippen LogP contribution in [-0.2, 0) is 26.5 Å². The van der Waals surface area contributed by atoms with Crippen LogP contribution in [0.1, 0.15) is 12.5 Å². The number of primary sulfonamides is 1. The number of ether oxygens (including phenoxy) is 1. The molecule has 0 saturated heterocycles. The molecule has 0 spiro atoms. The summed E-state index contributed by atoms with van der Waals surface area (Å²) < 4.78 is 57.1. The molecule has 2 aromatic rings. The van der Waals surface area contributed by atoms with Crippen LogP contribution in [0.3, 0.4) is 0 Å². The number of rotatable bonds is 4. The van der Waals surface area contributed by atoms with E-state index < -0.39 is 20.0 Å². The first-order valence-corrected chi connectivity index (χ1v) is 11.0. The minimum Gasteiger partial charge on any atom is -0.490 e. The molecule has 2 aromatic carbocycles. The van der Waals surface area contributed by atoms with Gasteiger partial charge in [-0.2, -0.15) is 0 Å². The Labute approximate surface area is 154 Å². The van der Waals surface area contributed by atoms with Crippen molar-refractivity contribution >= 4 is 41.7 Å². The summed E-state index contributed by atoms with van der Waals surface area (Å²) in [7, 11) is -8.09. The van der Waals surface area contributed by atoms with E-state index in [0.717, 1.165) is 5.56 Å². The Kier molecular flexibility index (Phi) is 4.56. The monoisotopic (exact) mass is 446 g/mol. The fourth-order valence-corrected chi connectivity index (χ4v) is 4.82. The molecule has 0 fully saturated rings. The average molecular weight is 447 g/mol. The topological polar surface area (TPSA) is 116 Å². The molecule has 0 saturated carbocycles. The molecule has 10 heteroatoms. The normalized spacial score (nSPS) is 17.0. The molecule has 1 atom stereocenters. The highest BCUT2D eigenvalue weighted by Crippen LogP contribution is 2.32. The van der Waals surface area contributed by atoms with Crippen LogP contribution in [-0.4, -0.2) is 22.9 Å². The molecule has 3 rings (SSSR count). The van der Waals surface area contributed by atoms with E-state index in [4.69, 9.17) is 9.88 Å². The zero-order valence-electron chi connectivity index (χ0n) is 13.1. The number of hydrogen-bond donors (Lipinski definition) is 2. The van der Waals surface area contributed by atoms with Crippen molar-refractivity contribution in [1.29, 1.82) is 0 Å². The van der Waals surface area contributed by atoms with E-state index in [1.807, 2.05) is 6.92 Å². The third-order valence-electron chi connectivity index (χ3n) is 3.67. The fraction of sp³-hybridized carbons (Fsp3) is 0.200. The number of sulfonamides is 2. The van der Waals surface area contributed by atoms with Crippen LogP contribution in [0.4, 0.5) is 5.69 Å². The summed E-state index contributed by atoms with van der Waals surface area (Å²) in [4.78, 5) is -0.290. The molecule has 1 aliphatic rings. The lowest BCUT2D eigenvalue weighted by molar-refractivity contribution is 0.254. The molecule has 7 nitrogen and oxygen atoms in total. The van der Waals surface area contributed by atoms with Gasteiger partial charge in [0, 0.05) is 10.9 Å². The van der Waals surface area contributed by atoms with Crippen LogP contribution >= 0.6 is 15.9 Å². The van der Waals surface area contributed by atoms with Gasteiger partial charge in [0.2, 0.25) is 10.0 Å². The van der Waals surface area contributed by atoms with Crippen molar-refractivity contribution < 1.29 is 21.6 Å². The molecule has 0 aliphatic carbocycles. The van der Waals surface area contributed by atoms with E-state index in [0.29, 0.717) is 16.6 Å².